The van der Waals surface area contributed by atoms with Crippen molar-refractivity contribution in [3.8, 4) is 0 Å². The molecular weight excluding hydrogens is 680 g/mol. The van der Waals surface area contributed by atoms with Crippen LogP contribution in [0.3, 0.4) is 0 Å². The topological polar surface area (TPSA) is 187 Å². The molecule has 0 aromatic rings. The van der Waals surface area contributed by atoms with E-state index in [-0.39, 0.29) is 23.8 Å². The van der Waals surface area contributed by atoms with Gasteiger partial charge in [0.1, 0.15) is 24.1 Å². The van der Waals surface area contributed by atoms with Crippen LogP contribution in [-0.4, -0.2) is 83.8 Å². The molecule has 14 nitrogen and oxygen atoms in total. The van der Waals surface area contributed by atoms with E-state index in [4.69, 9.17) is 33.2 Å². The minimum atomic E-state index is -1.89. The molecule has 2 heterocycles. The van der Waals surface area contributed by atoms with Crippen LogP contribution in [0.4, 0.5) is 0 Å². The van der Waals surface area contributed by atoms with E-state index in [1.165, 1.54) is 41.5 Å². The zero-order valence-corrected chi connectivity index (χ0v) is 31.2. The molecule has 52 heavy (non-hydrogen) atoms. The number of rotatable bonds is 5. The van der Waals surface area contributed by atoms with Crippen molar-refractivity contribution in [2.24, 2.45) is 57.7 Å². The summed E-state index contributed by atoms with van der Waals surface area (Å²) in [7, 11) is 0. The van der Waals surface area contributed by atoms with Crippen molar-refractivity contribution in [2.45, 2.75) is 124 Å². The number of carbonyl (C=O) groups is 7. The number of ketones is 1. The normalized spacial score (nSPS) is 49.2. The minimum absolute atomic E-state index is 0.144. The Labute approximate surface area is 301 Å². The van der Waals surface area contributed by atoms with Gasteiger partial charge in [-0.25, -0.2) is 4.79 Å². The zero-order chi connectivity index (χ0) is 38.2. The lowest BCUT2D eigenvalue weighted by molar-refractivity contribution is -0.262. The second kappa shape index (κ2) is 11.6. The van der Waals surface area contributed by atoms with Crippen LogP contribution >= 0.6 is 0 Å². The van der Waals surface area contributed by atoms with Gasteiger partial charge in [0.2, 0.25) is 5.60 Å². The Morgan fingerprint density at radius 2 is 1.33 bits per heavy atom. The molecule has 17 atom stereocenters. The fourth-order valence-corrected chi connectivity index (χ4v) is 12.6. The van der Waals surface area contributed by atoms with Gasteiger partial charge in [-0.05, 0) is 50.0 Å². The second-order valence-electron chi connectivity index (χ2n) is 17.0. The Morgan fingerprint density at radius 1 is 0.731 bits per heavy atom. The van der Waals surface area contributed by atoms with E-state index < -0.39 is 124 Å². The summed E-state index contributed by atoms with van der Waals surface area (Å²) in [6.45, 7) is 15.1. The smallest absolute Gasteiger partial charge is 0.356 e. The average Bonchev–Trinajstić information content (AvgIpc) is 3.66. The Balaban J connectivity index is 1.55. The molecule has 4 saturated carbocycles. The number of esters is 6. The Kier molecular flexibility index (Phi) is 8.15. The summed E-state index contributed by atoms with van der Waals surface area (Å²) in [6.07, 6.45) is -2.49. The number of Topliss-reactive ketones (excluding diaryl/α,β-unsaturated/α-hetero) is 1. The van der Waals surface area contributed by atoms with Crippen molar-refractivity contribution < 1.29 is 66.7 Å². The molecule has 2 saturated heterocycles. The highest BCUT2D eigenvalue weighted by Gasteiger charge is 2.83. The minimum Gasteiger partial charge on any atom is -0.462 e. The van der Waals surface area contributed by atoms with E-state index in [0.717, 1.165) is 0 Å². The van der Waals surface area contributed by atoms with Crippen LogP contribution in [0.1, 0.15) is 82.1 Å². The molecule has 2 aliphatic heterocycles. The molecule has 5 aliphatic carbocycles. The van der Waals surface area contributed by atoms with Crippen LogP contribution in [0.5, 0.6) is 0 Å². The first-order valence-electron chi connectivity index (χ1n) is 18.1. The Bertz CT molecular complexity index is 1700. The Morgan fingerprint density at radius 3 is 1.90 bits per heavy atom. The molecule has 7 aliphatic rings. The molecule has 0 aromatic carbocycles. The van der Waals surface area contributed by atoms with Gasteiger partial charge in [0.25, 0.3) is 0 Å². The van der Waals surface area contributed by atoms with Gasteiger partial charge in [0.05, 0.1) is 17.6 Å². The van der Waals surface area contributed by atoms with Crippen LogP contribution in [0, 0.1) is 57.7 Å². The van der Waals surface area contributed by atoms with Gasteiger partial charge in [0.15, 0.2) is 11.9 Å². The summed E-state index contributed by atoms with van der Waals surface area (Å²) >= 11 is 0. The van der Waals surface area contributed by atoms with Crippen molar-refractivity contribution >= 4 is 41.6 Å². The van der Waals surface area contributed by atoms with Crippen molar-refractivity contribution in [3.63, 3.8) is 0 Å². The lowest BCUT2D eigenvalue weighted by atomic mass is 9.41. The molecular formula is C38H48O14. The maximum atomic E-state index is 14.9. The van der Waals surface area contributed by atoms with Crippen LogP contribution < -0.4 is 0 Å². The number of epoxide rings is 1. The fourth-order valence-electron chi connectivity index (χ4n) is 12.6. The summed E-state index contributed by atoms with van der Waals surface area (Å²) in [4.78, 5) is 93.8. The first-order valence-corrected chi connectivity index (χ1v) is 18.1. The number of hydrogen-bond acceptors (Lipinski definition) is 14. The third kappa shape index (κ3) is 4.73. The number of fused-ring (bicyclic) bond motifs is 10. The largest absolute Gasteiger partial charge is 0.462 e. The summed E-state index contributed by atoms with van der Waals surface area (Å²) in [5.41, 5.74) is -5.51. The summed E-state index contributed by atoms with van der Waals surface area (Å²) in [5.74, 6) is -9.44. The quantitative estimate of drug-likeness (QED) is 0.228. The lowest BCUT2D eigenvalue weighted by Crippen LogP contribution is -2.72. The van der Waals surface area contributed by atoms with Crippen LogP contribution in [0.25, 0.3) is 0 Å². The Hall–Kier alpha value is -3.81. The third-order valence-electron chi connectivity index (χ3n) is 14.2. The third-order valence-corrected chi connectivity index (χ3v) is 14.2. The maximum absolute atomic E-state index is 14.9. The van der Waals surface area contributed by atoms with Gasteiger partial charge < -0.3 is 33.2 Å². The molecule has 7 rings (SSSR count). The van der Waals surface area contributed by atoms with Gasteiger partial charge in [-0.15, -0.1) is 0 Å². The average molecular weight is 729 g/mol. The summed E-state index contributed by atoms with van der Waals surface area (Å²) < 4.78 is 42.7. The molecule has 0 spiro atoms. The summed E-state index contributed by atoms with van der Waals surface area (Å²) in [5, 5.41) is 0. The van der Waals surface area contributed by atoms with Crippen molar-refractivity contribution in [1.82, 2.24) is 0 Å². The predicted octanol–water partition coefficient (Wildman–Crippen LogP) is 3.01. The SMILES string of the molecule is CC(=O)O[C@@H]1[C@H]2[C@H]3C([C@H](OC(C)=O)[C@H](OC(C)=O)[C@]2(C)[C@@H]2[C@@H]1[C@]1(C)C(=C[C@H]2C)OC(=O)[C@@]1(C)OC(C)=O)[C@@]1(C)C[C@H]2O[C@H]2C[C@@H]1C(=O)[C@@H]3OC(C)=O. The molecule has 6 fully saturated rings. The van der Waals surface area contributed by atoms with E-state index in [1.807, 2.05) is 20.8 Å². The van der Waals surface area contributed by atoms with E-state index in [9.17, 15) is 33.6 Å². The molecule has 0 radical (unpaired) electrons. The summed E-state index contributed by atoms with van der Waals surface area (Å²) in [6, 6.07) is 0. The van der Waals surface area contributed by atoms with Crippen LogP contribution in [-0.2, 0) is 66.7 Å². The second-order valence-corrected chi connectivity index (χ2v) is 17.0. The maximum Gasteiger partial charge on any atom is 0.356 e. The number of allylic oxidation sites excluding steroid dienone is 1. The highest BCUT2D eigenvalue weighted by atomic mass is 16.6. The van der Waals surface area contributed by atoms with Gasteiger partial charge in [-0.1, -0.05) is 20.8 Å². The lowest BCUT2D eigenvalue weighted by Gasteiger charge is -2.64. The molecule has 284 valence electrons. The highest BCUT2D eigenvalue weighted by Crippen LogP contribution is 2.76. The van der Waals surface area contributed by atoms with Crippen molar-refractivity contribution in [1.29, 1.82) is 0 Å². The van der Waals surface area contributed by atoms with Gasteiger partial charge in [-0.2, -0.15) is 0 Å². The van der Waals surface area contributed by atoms with Crippen LogP contribution in [0.2, 0.25) is 0 Å². The van der Waals surface area contributed by atoms with E-state index in [0.29, 0.717) is 12.8 Å². The van der Waals surface area contributed by atoms with Gasteiger partial charge in [-0.3, -0.25) is 28.8 Å². The highest BCUT2D eigenvalue weighted by molar-refractivity contribution is 5.90. The first-order chi connectivity index (χ1) is 24.1. The van der Waals surface area contributed by atoms with Crippen molar-refractivity contribution in [3.05, 3.63) is 11.8 Å². The molecule has 0 amide bonds. The molecule has 0 N–H and O–H groups in total. The van der Waals surface area contributed by atoms with E-state index in [1.54, 1.807) is 13.0 Å². The first kappa shape index (κ1) is 36.5. The number of ether oxygens (including phenoxy) is 7. The predicted molar refractivity (Wildman–Crippen MR) is 174 cm³/mol. The standard InChI is InChI=1S/C38H48O14/c1-14-11-23-37(9,38(10,34(45)51-23)52-19(6)43)28-25(14)36(8)27(31(28)47-16(3)40)24-26(32(48-17(4)41)33(36)49-18(5)42)35(7)13-22-21(50-22)12-20(35)29(44)30(24)46-15(2)39/h11,14,20-22,24-28,30-33H,12-13H2,1-10H3/t14-,20-,21+,22-,24-,25+,26?,27-,28+,30-,31-,32+,33+,35+,36-,37+,38-/m1/s1. The number of carbonyl (C=O) groups excluding carboxylic acids is 7. The van der Waals surface area contributed by atoms with E-state index in [2.05, 4.69) is 0 Å². The molecule has 1 unspecified atom stereocenters. The van der Waals surface area contributed by atoms with E-state index >= 15 is 0 Å². The molecule has 0 bridgehead atoms. The molecule has 14 heteroatoms. The zero-order valence-electron chi connectivity index (χ0n) is 31.2. The molecule has 0 aromatic heterocycles. The van der Waals surface area contributed by atoms with Crippen molar-refractivity contribution in [2.75, 3.05) is 0 Å². The van der Waals surface area contributed by atoms with Crippen LogP contribution in [0.15, 0.2) is 11.8 Å². The van der Waals surface area contributed by atoms with Gasteiger partial charge in [0, 0.05) is 69.6 Å². The van der Waals surface area contributed by atoms with Gasteiger partial charge >= 0.3 is 35.8 Å². The number of hydrogen-bond donors (Lipinski definition) is 0. The monoisotopic (exact) mass is 728 g/mol. The fraction of sp³-hybridized carbons (Fsp3) is 0.763.